The highest BCUT2D eigenvalue weighted by atomic mass is 32.1. The summed E-state index contributed by atoms with van der Waals surface area (Å²) in [6.07, 6.45) is 0. The lowest BCUT2D eigenvalue weighted by molar-refractivity contribution is 0.00578. The zero-order valence-corrected chi connectivity index (χ0v) is 11.8. The quantitative estimate of drug-likeness (QED) is 0.642. The van der Waals surface area contributed by atoms with Crippen LogP contribution < -0.4 is 5.46 Å². The predicted octanol–water partition coefficient (Wildman–Crippen LogP) is 2.42. The van der Waals surface area contributed by atoms with Gasteiger partial charge in [-0.2, -0.15) is 12.6 Å². The lowest BCUT2D eigenvalue weighted by Crippen LogP contribution is -2.41. The van der Waals surface area contributed by atoms with E-state index in [1.807, 2.05) is 18.2 Å². The van der Waals surface area contributed by atoms with E-state index in [2.05, 4.69) is 46.4 Å². The van der Waals surface area contributed by atoms with Gasteiger partial charge in [-0.1, -0.05) is 24.3 Å². The van der Waals surface area contributed by atoms with Gasteiger partial charge in [0.25, 0.3) is 0 Å². The maximum atomic E-state index is 6.04. The summed E-state index contributed by atoms with van der Waals surface area (Å²) in [5.74, 6) is 0.695. The molecule has 0 radical (unpaired) electrons. The Morgan fingerprint density at radius 1 is 1.06 bits per heavy atom. The highest BCUT2D eigenvalue weighted by molar-refractivity contribution is 7.79. The van der Waals surface area contributed by atoms with E-state index >= 15 is 0 Å². The molecule has 1 heterocycles. The Morgan fingerprint density at radius 2 is 1.59 bits per heavy atom. The number of rotatable bonds is 2. The largest absolute Gasteiger partial charge is 0.495 e. The van der Waals surface area contributed by atoms with Crippen molar-refractivity contribution in [2.24, 2.45) is 0 Å². The predicted molar refractivity (Wildman–Crippen MR) is 74.8 cm³/mol. The van der Waals surface area contributed by atoms with Gasteiger partial charge in [0.2, 0.25) is 0 Å². The molecule has 0 unspecified atom stereocenters. The smallest absolute Gasteiger partial charge is 0.399 e. The van der Waals surface area contributed by atoms with Crippen LogP contribution in [0, 0.1) is 0 Å². The average molecular weight is 250 g/mol. The Balaban J connectivity index is 2.32. The van der Waals surface area contributed by atoms with Gasteiger partial charge in [-0.25, -0.2) is 0 Å². The first-order valence-electron chi connectivity index (χ1n) is 5.92. The third kappa shape index (κ3) is 2.26. The van der Waals surface area contributed by atoms with Crippen LogP contribution in [0.3, 0.4) is 0 Å². The summed E-state index contributed by atoms with van der Waals surface area (Å²) >= 11 is 4.35. The summed E-state index contributed by atoms with van der Waals surface area (Å²) in [7, 11) is -0.289. The van der Waals surface area contributed by atoms with Crippen LogP contribution in [0.2, 0.25) is 0 Å². The zero-order valence-electron chi connectivity index (χ0n) is 10.9. The van der Waals surface area contributed by atoms with Gasteiger partial charge in [0.1, 0.15) is 0 Å². The molecule has 1 aromatic rings. The van der Waals surface area contributed by atoms with E-state index in [9.17, 15) is 0 Å². The molecular formula is C13H19BO2S. The fourth-order valence-corrected chi connectivity index (χ4v) is 2.17. The molecule has 0 bridgehead atoms. The van der Waals surface area contributed by atoms with Crippen molar-refractivity contribution < 1.29 is 9.31 Å². The molecule has 1 aliphatic rings. The van der Waals surface area contributed by atoms with Gasteiger partial charge in [0.05, 0.1) is 11.2 Å². The Bertz CT molecular complexity index is 402. The minimum absolute atomic E-state index is 0.289. The maximum Gasteiger partial charge on any atom is 0.495 e. The second kappa shape index (κ2) is 4.34. The molecule has 92 valence electrons. The number of hydrogen-bond donors (Lipinski definition) is 1. The van der Waals surface area contributed by atoms with Crippen molar-refractivity contribution in [1.29, 1.82) is 0 Å². The number of benzene rings is 1. The second-order valence-corrected chi connectivity index (χ2v) is 5.76. The van der Waals surface area contributed by atoms with E-state index in [1.54, 1.807) is 0 Å². The molecule has 1 aliphatic heterocycles. The van der Waals surface area contributed by atoms with Crippen LogP contribution in [-0.4, -0.2) is 18.3 Å². The van der Waals surface area contributed by atoms with E-state index in [-0.39, 0.29) is 18.3 Å². The maximum absolute atomic E-state index is 6.04. The molecule has 0 aromatic heterocycles. The van der Waals surface area contributed by atoms with Gasteiger partial charge < -0.3 is 9.31 Å². The Hall–Kier alpha value is -0.445. The molecule has 0 saturated carbocycles. The minimum Gasteiger partial charge on any atom is -0.399 e. The second-order valence-electron chi connectivity index (χ2n) is 5.45. The van der Waals surface area contributed by atoms with Gasteiger partial charge in [0, 0.05) is 5.75 Å². The molecule has 17 heavy (non-hydrogen) atoms. The fraction of sp³-hybridized carbons (Fsp3) is 0.538. The van der Waals surface area contributed by atoms with E-state index < -0.39 is 0 Å². The van der Waals surface area contributed by atoms with Crippen LogP contribution in [0.1, 0.15) is 33.3 Å². The Kier molecular flexibility index (Phi) is 3.32. The first-order chi connectivity index (χ1) is 7.87. The van der Waals surface area contributed by atoms with Crippen molar-refractivity contribution in [1.82, 2.24) is 0 Å². The van der Waals surface area contributed by atoms with Crippen LogP contribution in [0.25, 0.3) is 0 Å². The van der Waals surface area contributed by atoms with Crippen molar-refractivity contribution in [2.75, 3.05) is 0 Å². The van der Waals surface area contributed by atoms with Gasteiger partial charge >= 0.3 is 7.12 Å². The van der Waals surface area contributed by atoms with Gasteiger partial charge in [-0.05, 0) is 38.7 Å². The highest BCUT2D eigenvalue weighted by Gasteiger charge is 2.52. The van der Waals surface area contributed by atoms with Gasteiger partial charge in [-0.3, -0.25) is 0 Å². The standard InChI is InChI=1S/C13H19BO2S/c1-12(2)13(3,4)16-14(15-12)11-8-6-5-7-10(11)9-17/h5-8,17H,9H2,1-4H3. The van der Waals surface area contributed by atoms with Crippen molar-refractivity contribution in [3.63, 3.8) is 0 Å². The topological polar surface area (TPSA) is 18.5 Å². The summed E-state index contributed by atoms with van der Waals surface area (Å²) < 4.78 is 12.1. The summed E-state index contributed by atoms with van der Waals surface area (Å²) in [6.45, 7) is 8.26. The van der Waals surface area contributed by atoms with Crippen LogP contribution in [0.15, 0.2) is 24.3 Å². The minimum atomic E-state index is -0.290. The van der Waals surface area contributed by atoms with Crippen molar-refractivity contribution >= 4 is 25.2 Å². The Labute approximate surface area is 109 Å². The lowest BCUT2D eigenvalue weighted by Gasteiger charge is -2.32. The van der Waals surface area contributed by atoms with E-state index in [0.29, 0.717) is 5.75 Å². The summed E-state index contributed by atoms with van der Waals surface area (Å²) in [5, 5.41) is 0. The molecule has 4 heteroatoms. The fourth-order valence-electron chi connectivity index (χ4n) is 1.88. The molecule has 0 amide bonds. The highest BCUT2D eigenvalue weighted by Crippen LogP contribution is 2.36. The normalized spacial score (nSPS) is 21.8. The molecule has 0 N–H and O–H groups in total. The van der Waals surface area contributed by atoms with Gasteiger partial charge in [0.15, 0.2) is 0 Å². The van der Waals surface area contributed by atoms with E-state index in [1.165, 1.54) is 0 Å². The molecule has 0 aliphatic carbocycles. The number of thiol groups is 1. The first kappa shape index (κ1) is 13.0. The third-order valence-corrected chi connectivity index (χ3v) is 4.07. The summed E-state index contributed by atoms with van der Waals surface area (Å²) in [4.78, 5) is 0. The van der Waals surface area contributed by atoms with E-state index in [0.717, 1.165) is 11.0 Å². The Morgan fingerprint density at radius 3 is 2.12 bits per heavy atom. The van der Waals surface area contributed by atoms with Crippen molar-refractivity contribution in [3.8, 4) is 0 Å². The number of hydrogen-bond acceptors (Lipinski definition) is 3. The molecule has 2 rings (SSSR count). The van der Waals surface area contributed by atoms with Crippen LogP contribution in [0.5, 0.6) is 0 Å². The lowest BCUT2D eigenvalue weighted by atomic mass is 9.76. The molecule has 0 atom stereocenters. The molecule has 0 spiro atoms. The summed E-state index contributed by atoms with van der Waals surface area (Å²) in [5.41, 5.74) is 1.67. The molecule has 2 nitrogen and oxygen atoms in total. The SMILES string of the molecule is CC1(C)OB(c2ccccc2CS)OC1(C)C. The third-order valence-electron chi connectivity index (χ3n) is 3.73. The summed E-state index contributed by atoms with van der Waals surface area (Å²) in [6, 6.07) is 8.13. The first-order valence-corrected chi connectivity index (χ1v) is 6.55. The molecule has 1 aromatic carbocycles. The van der Waals surface area contributed by atoms with Crippen LogP contribution in [-0.2, 0) is 15.1 Å². The van der Waals surface area contributed by atoms with Crippen molar-refractivity contribution in [2.45, 2.75) is 44.6 Å². The van der Waals surface area contributed by atoms with Gasteiger partial charge in [-0.15, -0.1) is 0 Å². The zero-order chi connectivity index (χ0) is 12.7. The monoisotopic (exact) mass is 250 g/mol. The van der Waals surface area contributed by atoms with Crippen LogP contribution in [0.4, 0.5) is 0 Å². The average Bonchev–Trinajstić information content (AvgIpc) is 2.48. The van der Waals surface area contributed by atoms with E-state index in [4.69, 9.17) is 9.31 Å². The van der Waals surface area contributed by atoms with Crippen LogP contribution >= 0.6 is 12.6 Å². The molecule has 1 saturated heterocycles. The van der Waals surface area contributed by atoms with Crippen molar-refractivity contribution in [3.05, 3.63) is 29.8 Å². The molecule has 1 fully saturated rings. The molecular weight excluding hydrogens is 231 g/mol.